The molecule has 31 heavy (non-hydrogen) atoms. The lowest BCUT2D eigenvalue weighted by Gasteiger charge is -2.13. The number of amides is 1. The molecule has 0 bridgehead atoms. The van der Waals surface area contributed by atoms with Crippen molar-refractivity contribution in [3.8, 4) is 11.5 Å². The summed E-state index contributed by atoms with van der Waals surface area (Å²) in [6, 6.07) is 10.0. The van der Waals surface area contributed by atoms with Crippen LogP contribution in [-0.2, 0) is 19.6 Å². The minimum Gasteiger partial charge on any atom is -0.493 e. The van der Waals surface area contributed by atoms with Crippen LogP contribution < -0.4 is 19.9 Å². The zero-order valence-electron chi connectivity index (χ0n) is 17.6. The molecule has 9 nitrogen and oxygen atoms in total. The van der Waals surface area contributed by atoms with Crippen LogP contribution in [-0.4, -0.2) is 40.6 Å². The van der Waals surface area contributed by atoms with Crippen LogP contribution in [0.4, 0.5) is 5.69 Å². The zero-order chi connectivity index (χ0) is 23.0. The summed E-state index contributed by atoms with van der Waals surface area (Å²) in [5.41, 5.74) is 0.397. The molecule has 1 amide bonds. The molecule has 0 aliphatic heterocycles. The predicted molar refractivity (Wildman–Crippen MR) is 115 cm³/mol. The van der Waals surface area contributed by atoms with Crippen LogP contribution in [0, 0.1) is 5.92 Å². The fourth-order valence-corrected chi connectivity index (χ4v) is 3.04. The minimum atomic E-state index is -3.90. The fraction of sp³-hybridized carbons (Fsp3) is 0.333. The molecule has 0 saturated carbocycles. The SMILES string of the molecule is COc1cc(C(=O)OCC(=O)Nc2cccc(S(N)(=O)=O)c2)ccc1OCCC(C)C. The van der Waals surface area contributed by atoms with Crippen molar-refractivity contribution in [2.24, 2.45) is 11.1 Å². The van der Waals surface area contributed by atoms with E-state index < -0.39 is 28.5 Å². The van der Waals surface area contributed by atoms with Crippen molar-refractivity contribution < 1.29 is 32.2 Å². The van der Waals surface area contributed by atoms with Crippen LogP contribution in [0.3, 0.4) is 0 Å². The number of hydrogen-bond donors (Lipinski definition) is 2. The Bertz CT molecular complexity index is 1040. The van der Waals surface area contributed by atoms with E-state index in [4.69, 9.17) is 19.3 Å². The van der Waals surface area contributed by atoms with Crippen LogP contribution in [0.1, 0.15) is 30.6 Å². The van der Waals surface area contributed by atoms with Gasteiger partial charge in [0.05, 0.1) is 24.2 Å². The van der Waals surface area contributed by atoms with Gasteiger partial charge in [-0.3, -0.25) is 4.79 Å². The van der Waals surface area contributed by atoms with Gasteiger partial charge in [0.25, 0.3) is 5.91 Å². The van der Waals surface area contributed by atoms with Crippen LogP contribution in [0.2, 0.25) is 0 Å². The van der Waals surface area contributed by atoms with Gasteiger partial charge in [-0.2, -0.15) is 0 Å². The Hall–Kier alpha value is -3.11. The molecule has 168 valence electrons. The van der Waals surface area contributed by atoms with E-state index in [1.807, 2.05) is 0 Å². The largest absolute Gasteiger partial charge is 0.493 e. The molecule has 0 saturated heterocycles. The van der Waals surface area contributed by atoms with E-state index in [0.29, 0.717) is 24.0 Å². The lowest BCUT2D eigenvalue weighted by atomic mass is 10.1. The Labute approximate surface area is 181 Å². The third-order valence-corrected chi connectivity index (χ3v) is 5.04. The van der Waals surface area contributed by atoms with E-state index in [2.05, 4.69) is 19.2 Å². The normalized spacial score (nSPS) is 11.1. The van der Waals surface area contributed by atoms with Gasteiger partial charge in [-0.25, -0.2) is 18.4 Å². The highest BCUT2D eigenvalue weighted by Crippen LogP contribution is 2.28. The summed E-state index contributed by atoms with van der Waals surface area (Å²) >= 11 is 0. The molecule has 2 aromatic rings. The number of primary sulfonamides is 1. The molecule has 3 N–H and O–H groups in total. The number of rotatable bonds is 10. The van der Waals surface area contributed by atoms with Gasteiger partial charge in [-0.15, -0.1) is 0 Å². The Kier molecular flexibility index (Phi) is 8.40. The maximum Gasteiger partial charge on any atom is 0.338 e. The van der Waals surface area contributed by atoms with Crippen molar-refractivity contribution in [3.05, 3.63) is 48.0 Å². The molecule has 2 aromatic carbocycles. The molecular formula is C21H26N2O7S. The number of nitrogens with one attached hydrogen (secondary N) is 1. The van der Waals surface area contributed by atoms with Crippen LogP contribution >= 0.6 is 0 Å². The summed E-state index contributed by atoms with van der Waals surface area (Å²) in [6.07, 6.45) is 0.877. The zero-order valence-corrected chi connectivity index (χ0v) is 18.4. The monoisotopic (exact) mass is 450 g/mol. The molecule has 0 fully saturated rings. The Morgan fingerprint density at radius 1 is 1.10 bits per heavy atom. The molecule has 0 unspecified atom stereocenters. The number of sulfonamides is 1. The van der Waals surface area contributed by atoms with Gasteiger partial charge < -0.3 is 19.5 Å². The molecule has 0 aliphatic rings. The number of carbonyl (C=O) groups is 2. The molecular weight excluding hydrogens is 424 g/mol. The average Bonchev–Trinajstić information content (AvgIpc) is 2.71. The first-order chi connectivity index (χ1) is 14.6. The van der Waals surface area contributed by atoms with Gasteiger partial charge >= 0.3 is 5.97 Å². The van der Waals surface area contributed by atoms with E-state index in [1.165, 1.54) is 43.5 Å². The number of hydrogen-bond acceptors (Lipinski definition) is 7. The van der Waals surface area contributed by atoms with E-state index in [-0.39, 0.29) is 16.1 Å². The van der Waals surface area contributed by atoms with Crippen LogP contribution in [0.15, 0.2) is 47.4 Å². The smallest absolute Gasteiger partial charge is 0.338 e. The second-order valence-corrected chi connectivity index (χ2v) is 8.66. The number of anilines is 1. The summed E-state index contributed by atoms with van der Waals surface area (Å²) in [5.74, 6) is 0.0178. The molecule has 10 heteroatoms. The second-order valence-electron chi connectivity index (χ2n) is 7.09. The van der Waals surface area contributed by atoms with Gasteiger partial charge in [0.1, 0.15) is 0 Å². The summed E-state index contributed by atoms with van der Waals surface area (Å²) in [6.45, 7) is 4.14. The van der Waals surface area contributed by atoms with E-state index in [0.717, 1.165) is 6.42 Å². The lowest BCUT2D eigenvalue weighted by molar-refractivity contribution is -0.119. The van der Waals surface area contributed by atoms with Gasteiger partial charge in [0.2, 0.25) is 10.0 Å². The van der Waals surface area contributed by atoms with Gasteiger partial charge in [0.15, 0.2) is 18.1 Å². The van der Waals surface area contributed by atoms with E-state index in [9.17, 15) is 18.0 Å². The summed E-state index contributed by atoms with van der Waals surface area (Å²) in [4.78, 5) is 24.2. The third kappa shape index (κ3) is 7.58. The van der Waals surface area contributed by atoms with Crippen molar-refractivity contribution in [2.45, 2.75) is 25.2 Å². The molecule has 0 aliphatic carbocycles. The highest BCUT2D eigenvalue weighted by atomic mass is 32.2. The summed E-state index contributed by atoms with van der Waals surface area (Å²) in [5, 5.41) is 7.51. The first-order valence-corrected chi connectivity index (χ1v) is 11.1. The Morgan fingerprint density at radius 3 is 2.48 bits per heavy atom. The van der Waals surface area contributed by atoms with Crippen molar-refractivity contribution in [2.75, 3.05) is 25.6 Å². The van der Waals surface area contributed by atoms with E-state index in [1.54, 1.807) is 6.07 Å². The highest BCUT2D eigenvalue weighted by molar-refractivity contribution is 7.89. The van der Waals surface area contributed by atoms with Crippen LogP contribution in [0.25, 0.3) is 0 Å². The highest BCUT2D eigenvalue weighted by Gasteiger charge is 2.15. The summed E-state index contributed by atoms with van der Waals surface area (Å²) in [7, 11) is -2.44. The standard InChI is InChI=1S/C21H26N2O7S/c1-14(2)9-10-29-18-8-7-15(11-19(18)28-3)21(25)30-13-20(24)23-16-5-4-6-17(12-16)31(22,26)27/h4-8,11-12,14H,9-10,13H2,1-3H3,(H,23,24)(H2,22,26,27). The van der Waals surface area contributed by atoms with Crippen molar-refractivity contribution in [1.82, 2.24) is 0 Å². The average molecular weight is 451 g/mol. The molecule has 0 aromatic heterocycles. The number of nitrogens with two attached hydrogens (primary N) is 1. The van der Waals surface area contributed by atoms with Gasteiger partial charge in [-0.1, -0.05) is 19.9 Å². The van der Waals surface area contributed by atoms with Gasteiger partial charge in [-0.05, 0) is 48.7 Å². The first-order valence-electron chi connectivity index (χ1n) is 9.51. The lowest BCUT2D eigenvalue weighted by Crippen LogP contribution is -2.21. The first kappa shape index (κ1) is 24.2. The van der Waals surface area contributed by atoms with E-state index >= 15 is 0 Å². The topological polar surface area (TPSA) is 134 Å². The second kappa shape index (κ2) is 10.8. The van der Waals surface area contributed by atoms with Crippen molar-refractivity contribution >= 4 is 27.6 Å². The Morgan fingerprint density at radius 2 is 1.84 bits per heavy atom. The number of benzene rings is 2. The fourth-order valence-electron chi connectivity index (χ4n) is 2.48. The number of methoxy groups -OCH3 is 1. The van der Waals surface area contributed by atoms with Crippen molar-refractivity contribution in [1.29, 1.82) is 0 Å². The molecule has 0 spiro atoms. The molecule has 0 atom stereocenters. The number of ether oxygens (including phenoxy) is 3. The van der Waals surface area contributed by atoms with Gasteiger partial charge in [0, 0.05) is 5.69 Å². The third-order valence-electron chi connectivity index (χ3n) is 4.13. The summed E-state index contributed by atoms with van der Waals surface area (Å²) < 4.78 is 38.7. The van der Waals surface area contributed by atoms with Crippen molar-refractivity contribution in [3.63, 3.8) is 0 Å². The number of carbonyl (C=O) groups excluding carboxylic acids is 2. The predicted octanol–water partition coefficient (Wildman–Crippen LogP) is 2.56. The molecule has 2 rings (SSSR count). The Balaban J connectivity index is 1.95. The van der Waals surface area contributed by atoms with Crippen LogP contribution in [0.5, 0.6) is 11.5 Å². The maximum absolute atomic E-state index is 12.3. The number of esters is 1. The molecule has 0 heterocycles. The minimum absolute atomic E-state index is 0.148. The quantitative estimate of drug-likeness (QED) is 0.531. The maximum atomic E-state index is 12.3. The molecule has 0 radical (unpaired) electrons.